The summed E-state index contributed by atoms with van der Waals surface area (Å²) in [7, 11) is 0. The van der Waals surface area contributed by atoms with Gasteiger partial charge in [-0.1, -0.05) is 12.1 Å². The number of benzene rings is 1. The highest BCUT2D eigenvalue weighted by atomic mass is 16.2. The van der Waals surface area contributed by atoms with E-state index in [1.54, 1.807) is 30.7 Å². The molecule has 0 atom stereocenters. The zero-order valence-electron chi connectivity index (χ0n) is 16.8. The van der Waals surface area contributed by atoms with Gasteiger partial charge in [0.15, 0.2) is 0 Å². The summed E-state index contributed by atoms with van der Waals surface area (Å²) in [5.74, 6) is 0.185. The summed E-state index contributed by atoms with van der Waals surface area (Å²) in [4.78, 5) is 35.0. The molecule has 1 N–H and O–H groups in total. The third kappa shape index (κ3) is 3.90. The van der Waals surface area contributed by atoms with Gasteiger partial charge >= 0.3 is 0 Å². The third-order valence-corrected chi connectivity index (χ3v) is 5.64. The van der Waals surface area contributed by atoms with E-state index in [9.17, 15) is 9.59 Å². The van der Waals surface area contributed by atoms with E-state index in [1.807, 2.05) is 58.1 Å². The quantitative estimate of drug-likeness (QED) is 0.548. The minimum absolute atomic E-state index is 0.00823. The number of pyridine rings is 2. The standard InChI is InChI=1S/C24H21N5O2/c30-23(27-13-17-7-10-28-11-9-26-22(28)12-17)19-5-3-18(4-6-19)21-15-29(16-21)24(31)20-2-1-8-25-14-20/h1-12,14,21H,13,15-16H2,(H,27,30). The molecule has 4 heterocycles. The van der Waals surface area contributed by atoms with Crippen molar-refractivity contribution in [1.29, 1.82) is 0 Å². The first-order chi connectivity index (χ1) is 15.2. The van der Waals surface area contributed by atoms with Crippen LogP contribution >= 0.6 is 0 Å². The lowest BCUT2D eigenvalue weighted by molar-refractivity contribution is 0.0602. The molecule has 7 heteroatoms. The average Bonchev–Trinajstić information content (AvgIpc) is 3.25. The van der Waals surface area contributed by atoms with Crippen molar-refractivity contribution >= 4 is 17.5 Å². The normalized spacial score (nSPS) is 13.7. The molecular weight excluding hydrogens is 390 g/mol. The highest BCUT2D eigenvalue weighted by molar-refractivity contribution is 5.95. The molecule has 31 heavy (non-hydrogen) atoms. The molecule has 0 radical (unpaired) electrons. The number of imidazole rings is 1. The molecule has 1 aromatic carbocycles. The summed E-state index contributed by atoms with van der Waals surface area (Å²) >= 11 is 0. The zero-order valence-corrected chi connectivity index (χ0v) is 16.8. The molecule has 0 saturated carbocycles. The summed E-state index contributed by atoms with van der Waals surface area (Å²) in [5, 5.41) is 2.95. The number of hydrogen-bond acceptors (Lipinski definition) is 4. The number of aromatic nitrogens is 3. The number of rotatable bonds is 5. The second kappa shape index (κ2) is 8.02. The van der Waals surface area contributed by atoms with Crippen molar-refractivity contribution in [2.75, 3.05) is 13.1 Å². The van der Waals surface area contributed by atoms with Crippen LogP contribution in [0.1, 0.15) is 37.8 Å². The Hall–Kier alpha value is -4.00. The van der Waals surface area contributed by atoms with Gasteiger partial charge in [-0.2, -0.15) is 0 Å². The van der Waals surface area contributed by atoms with Gasteiger partial charge in [-0.05, 0) is 47.5 Å². The van der Waals surface area contributed by atoms with E-state index in [2.05, 4.69) is 15.3 Å². The van der Waals surface area contributed by atoms with Crippen molar-refractivity contribution in [2.24, 2.45) is 0 Å². The Labute approximate surface area is 179 Å². The van der Waals surface area contributed by atoms with Crippen LogP contribution in [0, 0.1) is 0 Å². The maximum Gasteiger partial charge on any atom is 0.255 e. The van der Waals surface area contributed by atoms with Crippen LogP contribution in [-0.4, -0.2) is 44.2 Å². The summed E-state index contributed by atoms with van der Waals surface area (Å²) in [6.07, 6.45) is 8.81. The molecule has 1 saturated heterocycles. The van der Waals surface area contributed by atoms with Gasteiger partial charge in [0, 0.05) is 62.1 Å². The van der Waals surface area contributed by atoms with Gasteiger partial charge in [0.2, 0.25) is 0 Å². The fourth-order valence-corrected chi connectivity index (χ4v) is 3.78. The first-order valence-electron chi connectivity index (χ1n) is 10.2. The van der Waals surface area contributed by atoms with Crippen molar-refractivity contribution in [2.45, 2.75) is 12.5 Å². The second-order valence-corrected chi connectivity index (χ2v) is 7.68. The van der Waals surface area contributed by atoms with Crippen LogP contribution in [-0.2, 0) is 6.54 Å². The van der Waals surface area contributed by atoms with Gasteiger partial charge < -0.3 is 14.6 Å². The lowest BCUT2D eigenvalue weighted by atomic mass is 9.90. The van der Waals surface area contributed by atoms with E-state index in [0.29, 0.717) is 36.7 Å². The Kier molecular flexibility index (Phi) is 4.92. The summed E-state index contributed by atoms with van der Waals surface area (Å²) in [5.41, 5.74) is 4.22. The van der Waals surface area contributed by atoms with E-state index in [0.717, 1.165) is 16.8 Å². The maximum atomic E-state index is 12.5. The van der Waals surface area contributed by atoms with Crippen molar-refractivity contribution in [3.63, 3.8) is 0 Å². The molecule has 1 aliphatic rings. The lowest BCUT2D eigenvalue weighted by Crippen LogP contribution is -2.48. The smallest absolute Gasteiger partial charge is 0.255 e. The van der Waals surface area contributed by atoms with Crippen LogP contribution in [0.25, 0.3) is 5.65 Å². The first-order valence-corrected chi connectivity index (χ1v) is 10.2. The number of nitrogens with one attached hydrogen (secondary N) is 1. The van der Waals surface area contributed by atoms with Crippen LogP contribution < -0.4 is 5.32 Å². The molecule has 0 bridgehead atoms. The van der Waals surface area contributed by atoms with Gasteiger partial charge in [0.05, 0.1) is 5.56 Å². The zero-order chi connectivity index (χ0) is 21.2. The molecular formula is C24H21N5O2. The highest BCUT2D eigenvalue weighted by Crippen LogP contribution is 2.28. The van der Waals surface area contributed by atoms with Crippen LogP contribution in [0.5, 0.6) is 0 Å². The second-order valence-electron chi connectivity index (χ2n) is 7.68. The fraction of sp³-hybridized carbons (Fsp3) is 0.167. The number of likely N-dealkylation sites (tertiary alicyclic amines) is 1. The van der Waals surface area contributed by atoms with Gasteiger partial charge in [0.25, 0.3) is 11.8 Å². The van der Waals surface area contributed by atoms with Crippen LogP contribution in [0.15, 0.2) is 79.5 Å². The molecule has 7 nitrogen and oxygen atoms in total. The lowest BCUT2D eigenvalue weighted by Gasteiger charge is -2.39. The van der Waals surface area contributed by atoms with E-state index in [1.165, 1.54) is 0 Å². The minimum atomic E-state index is -0.114. The van der Waals surface area contributed by atoms with Crippen LogP contribution in [0.4, 0.5) is 0 Å². The first kappa shape index (κ1) is 19.0. The van der Waals surface area contributed by atoms with Crippen molar-refractivity contribution in [3.8, 4) is 0 Å². The van der Waals surface area contributed by atoms with E-state index in [-0.39, 0.29) is 11.8 Å². The number of amides is 2. The van der Waals surface area contributed by atoms with Crippen LogP contribution in [0.3, 0.4) is 0 Å². The van der Waals surface area contributed by atoms with E-state index < -0.39 is 0 Å². The Morgan fingerprint density at radius 1 is 1.00 bits per heavy atom. The average molecular weight is 411 g/mol. The molecule has 0 unspecified atom stereocenters. The van der Waals surface area contributed by atoms with E-state index in [4.69, 9.17) is 0 Å². The monoisotopic (exact) mass is 411 g/mol. The highest BCUT2D eigenvalue weighted by Gasteiger charge is 2.32. The number of nitrogens with zero attached hydrogens (tertiary/aromatic N) is 4. The topological polar surface area (TPSA) is 79.6 Å². The molecule has 2 amide bonds. The Morgan fingerprint density at radius 3 is 2.61 bits per heavy atom. The number of carbonyl (C=O) groups is 2. The molecule has 4 aromatic rings. The molecule has 154 valence electrons. The number of hydrogen-bond donors (Lipinski definition) is 1. The molecule has 1 fully saturated rings. The fourth-order valence-electron chi connectivity index (χ4n) is 3.78. The summed E-state index contributed by atoms with van der Waals surface area (Å²) < 4.78 is 1.93. The number of carbonyl (C=O) groups excluding carboxylic acids is 2. The van der Waals surface area contributed by atoms with Gasteiger partial charge in [-0.15, -0.1) is 0 Å². The minimum Gasteiger partial charge on any atom is -0.348 e. The predicted molar refractivity (Wildman–Crippen MR) is 116 cm³/mol. The van der Waals surface area contributed by atoms with E-state index >= 15 is 0 Å². The number of fused-ring (bicyclic) bond motifs is 1. The molecule has 5 rings (SSSR count). The van der Waals surface area contributed by atoms with Crippen molar-refractivity contribution < 1.29 is 9.59 Å². The largest absolute Gasteiger partial charge is 0.348 e. The van der Waals surface area contributed by atoms with Gasteiger partial charge in [-0.3, -0.25) is 14.6 Å². The van der Waals surface area contributed by atoms with Crippen molar-refractivity contribution in [1.82, 2.24) is 24.6 Å². The van der Waals surface area contributed by atoms with Crippen LogP contribution in [0.2, 0.25) is 0 Å². The van der Waals surface area contributed by atoms with Crippen molar-refractivity contribution in [3.05, 3.63) is 102 Å². The molecule has 0 aliphatic carbocycles. The molecule has 3 aromatic heterocycles. The molecule has 1 aliphatic heterocycles. The summed E-state index contributed by atoms with van der Waals surface area (Å²) in [6.45, 7) is 1.79. The van der Waals surface area contributed by atoms with Gasteiger partial charge in [0.1, 0.15) is 5.65 Å². The Morgan fingerprint density at radius 2 is 1.84 bits per heavy atom. The Bertz CT molecular complexity index is 1230. The Balaban J connectivity index is 1.15. The third-order valence-electron chi connectivity index (χ3n) is 5.64. The van der Waals surface area contributed by atoms with Gasteiger partial charge in [-0.25, -0.2) is 4.98 Å². The summed E-state index contributed by atoms with van der Waals surface area (Å²) in [6, 6.07) is 15.1. The SMILES string of the molecule is O=C(NCc1ccn2ccnc2c1)c1ccc(C2CN(C(=O)c3cccnc3)C2)cc1. The molecule has 0 spiro atoms. The predicted octanol–water partition coefficient (Wildman–Crippen LogP) is 2.90. The maximum absolute atomic E-state index is 12.5.